The van der Waals surface area contributed by atoms with Crippen LogP contribution in [0.2, 0.25) is 10.0 Å². The summed E-state index contributed by atoms with van der Waals surface area (Å²) >= 11 is 12.3. The molecule has 3 rings (SSSR count). The fourth-order valence-electron chi connectivity index (χ4n) is 2.73. The highest BCUT2D eigenvalue weighted by atomic mass is 35.5. The minimum Gasteiger partial charge on any atom is -0.379 e. The molecule has 0 unspecified atom stereocenters. The van der Waals surface area contributed by atoms with Crippen LogP contribution < -0.4 is 10.2 Å². The third kappa shape index (κ3) is 3.45. The maximum absolute atomic E-state index is 6.22. The maximum atomic E-state index is 6.22. The summed E-state index contributed by atoms with van der Waals surface area (Å²) in [5.41, 5.74) is 3.43. The highest BCUT2D eigenvalue weighted by Crippen LogP contribution is 2.30. The van der Waals surface area contributed by atoms with Crippen molar-refractivity contribution in [2.45, 2.75) is 19.4 Å². The molecule has 0 spiro atoms. The van der Waals surface area contributed by atoms with Gasteiger partial charge < -0.3 is 10.2 Å². The van der Waals surface area contributed by atoms with Crippen molar-refractivity contribution in [1.82, 2.24) is 0 Å². The van der Waals surface area contributed by atoms with Crippen LogP contribution in [0.15, 0.2) is 42.5 Å². The van der Waals surface area contributed by atoms with Crippen molar-refractivity contribution < 1.29 is 0 Å². The molecule has 2 aromatic rings. The van der Waals surface area contributed by atoms with Crippen molar-refractivity contribution >= 4 is 34.6 Å². The molecule has 1 aliphatic heterocycles. The number of para-hydroxylation sites is 2. The van der Waals surface area contributed by atoms with Gasteiger partial charge in [-0.05, 0) is 48.7 Å². The second kappa shape index (κ2) is 6.59. The van der Waals surface area contributed by atoms with E-state index in [1.807, 2.05) is 18.2 Å². The summed E-state index contributed by atoms with van der Waals surface area (Å²) in [6.07, 6.45) is 2.54. The molecular weight excluding hydrogens is 303 g/mol. The lowest BCUT2D eigenvalue weighted by molar-refractivity contribution is 0.949. The van der Waals surface area contributed by atoms with Gasteiger partial charge in [-0.2, -0.15) is 0 Å². The zero-order chi connectivity index (χ0) is 14.7. The second-order valence-electron chi connectivity index (χ2n) is 5.30. The Morgan fingerprint density at radius 3 is 2.57 bits per heavy atom. The normalized spacial score (nSPS) is 14.5. The smallest absolute Gasteiger partial charge is 0.0602 e. The topological polar surface area (TPSA) is 15.3 Å². The standard InChI is InChI=1S/C17H18Cl2N2/c18-14-7-8-15(19)13(11-14)12-20-16-5-1-2-6-17(16)21-9-3-4-10-21/h1-2,5-8,11,20H,3-4,9-10,12H2. The minimum absolute atomic E-state index is 0.671. The van der Waals surface area contributed by atoms with Gasteiger partial charge in [-0.1, -0.05) is 35.3 Å². The first-order valence-corrected chi connectivity index (χ1v) is 8.01. The summed E-state index contributed by atoms with van der Waals surface area (Å²) in [7, 11) is 0. The zero-order valence-electron chi connectivity index (χ0n) is 11.8. The van der Waals surface area contributed by atoms with Gasteiger partial charge in [-0.15, -0.1) is 0 Å². The van der Waals surface area contributed by atoms with Crippen molar-refractivity contribution in [2.24, 2.45) is 0 Å². The number of nitrogens with one attached hydrogen (secondary N) is 1. The highest BCUT2D eigenvalue weighted by molar-refractivity contribution is 6.33. The van der Waals surface area contributed by atoms with Crippen LogP contribution in [0, 0.1) is 0 Å². The molecule has 0 atom stereocenters. The first-order valence-electron chi connectivity index (χ1n) is 7.26. The Labute approximate surface area is 135 Å². The first-order chi connectivity index (χ1) is 10.2. The monoisotopic (exact) mass is 320 g/mol. The largest absolute Gasteiger partial charge is 0.379 e. The van der Waals surface area contributed by atoms with E-state index in [-0.39, 0.29) is 0 Å². The third-order valence-electron chi connectivity index (χ3n) is 3.83. The molecule has 2 aromatic carbocycles. The number of benzene rings is 2. The molecule has 1 saturated heterocycles. The molecule has 0 aliphatic carbocycles. The van der Waals surface area contributed by atoms with Crippen molar-refractivity contribution in [3.8, 4) is 0 Å². The average Bonchev–Trinajstić information content (AvgIpc) is 3.03. The summed E-state index contributed by atoms with van der Waals surface area (Å²) in [6, 6.07) is 14.0. The summed E-state index contributed by atoms with van der Waals surface area (Å²) in [5, 5.41) is 4.94. The van der Waals surface area contributed by atoms with Gasteiger partial charge in [0.2, 0.25) is 0 Å². The molecule has 0 saturated carbocycles. The molecule has 1 N–H and O–H groups in total. The first kappa shape index (κ1) is 14.6. The molecule has 0 aromatic heterocycles. The number of nitrogens with zero attached hydrogens (tertiary/aromatic N) is 1. The van der Waals surface area contributed by atoms with E-state index in [1.54, 1.807) is 0 Å². The van der Waals surface area contributed by atoms with Gasteiger partial charge >= 0.3 is 0 Å². The lowest BCUT2D eigenvalue weighted by Crippen LogP contribution is -2.19. The Morgan fingerprint density at radius 1 is 1.00 bits per heavy atom. The molecule has 1 heterocycles. The van der Waals surface area contributed by atoms with E-state index in [2.05, 4.69) is 34.5 Å². The summed E-state index contributed by atoms with van der Waals surface area (Å²) in [5.74, 6) is 0. The van der Waals surface area contributed by atoms with Crippen LogP contribution in [0.4, 0.5) is 11.4 Å². The van der Waals surface area contributed by atoms with Crippen LogP contribution in [0.25, 0.3) is 0 Å². The van der Waals surface area contributed by atoms with Crippen LogP contribution in [0.5, 0.6) is 0 Å². The Balaban J connectivity index is 1.77. The second-order valence-corrected chi connectivity index (χ2v) is 6.14. The van der Waals surface area contributed by atoms with E-state index in [0.29, 0.717) is 11.6 Å². The van der Waals surface area contributed by atoms with Crippen LogP contribution >= 0.6 is 23.2 Å². The van der Waals surface area contributed by atoms with Crippen molar-refractivity contribution in [1.29, 1.82) is 0 Å². The van der Waals surface area contributed by atoms with E-state index < -0.39 is 0 Å². The molecule has 110 valence electrons. The molecule has 4 heteroatoms. The van der Waals surface area contributed by atoms with E-state index in [1.165, 1.54) is 18.5 Å². The zero-order valence-corrected chi connectivity index (χ0v) is 13.3. The average molecular weight is 321 g/mol. The maximum Gasteiger partial charge on any atom is 0.0602 e. The van der Waals surface area contributed by atoms with Gasteiger partial charge in [0.05, 0.1) is 11.4 Å². The quantitative estimate of drug-likeness (QED) is 0.832. The number of hydrogen-bond donors (Lipinski definition) is 1. The minimum atomic E-state index is 0.671. The lowest BCUT2D eigenvalue weighted by Gasteiger charge is -2.22. The Kier molecular flexibility index (Phi) is 4.57. The molecule has 21 heavy (non-hydrogen) atoms. The number of rotatable bonds is 4. The predicted molar refractivity (Wildman–Crippen MR) is 91.7 cm³/mol. The van der Waals surface area contributed by atoms with Crippen LogP contribution in [0.3, 0.4) is 0 Å². The van der Waals surface area contributed by atoms with Gasteiger partial charge in [0.1, 0.15) is 0 Å². The van der Waals surface area contributed by atoms with Crippen LogP contribution in [-0.4, -0.2) is 13.1 Å². The van der Waals surface area contributed by atoms with Gasteiger partial charge in [0.15, 0.2) is 0 Å². The van der Waals surface area contributed by atoms with Crippen molar-refractivity contribution in [3.63, 3.8) is 0 Å². The lowest BCUT2D eigenvalue weighted by atomic mass is 10.2. The third-order valence-corrected chi connectivity index (χ3v) is 4.43. The van der Waals surface area contributed by atoms with Crippen molar-refractivity contribution in [3.05, 3.63) is 58.1 Å². The molecule has 1 aliphatic rings. The Bertz CT molecular complexity index is 622. The van der Waals surface area contributed by atoms with Crippen molar-refractivity contribution in [2.75, 3.05) is 23.3 Å². The van der Waals surface area contributed by atoms with E-state index in [9.17, 15) is 0 Å². The molecule has 0 amide bonds. The van der Waals surface area contributed by atoms with Crippen LogP contribution in [-0.2, 0) is 6.54 Å². The molecule has 0 radical (unpaired) electrons. The fraction of sp³-hybridized carbons (Fsp3) is 0.294. The summed E-state index contributed by atoms with van der Waals surface area (Å²) in [6.45, 7) is 2.94. The van der Waals surface area contributed by atoms with Gasteiger partial charge in [-0.3, -0.25) is 0 Å². The van der Waals surface area contributed by atoms with Gasteiger partial charge in [-0.25, -0.2) is 0 Å². The fourth-order valence-corrected chi connectivity index (χ4v) is 3.11. The molecule has 2 nitrogen and oxygen atoms in total. The SMILES string of the molecule is Clc1ccc(Cl)c(CNc2ccccc2N2CCCC2)c1. The Morgan fingerprint density at radius 2 is 1.76 bits per heavy atom. The van der Waals surface area contributed by atoms with Gasteiger partial charge in [0, 0.05) is 29.7 Å². The highest BCUT2D eigenvalue weighted by Gasteiger charge is 2.15. The molecular formula is C17H18Cl2N2. The predicted octanol–water partition coefficient (Wildman–Crippen LogP) is 5.21. The van der Waals surface area contributed by atoms with Gasteiger partial charge in [0.25, 0.3) is 0 Å². The van der Waals surface area contributed by atoms with Crippen LogP contribution in [0.1, 0.15) is 18.4 Å². The van der Waals surface area contributed by atoms with E-state index >= 15 is 0 Å². The number of hydrogen-bond acceptors (Lipinski definition) is 2. The Hall–Kier alpha value is -1.38. The number of halogens is 2. The summed E-state index contributed by atoms with van der Waals surface area (Å²) < 4.78 is 0. The number of anilines is 2. The van der Waals surface area contributed by atoms with E-state index in [0.717, 1.165) is 29.4 Å². The molecule has 0 bridgehead atoms. The van der Waals surface area contributed by atoms with E-state index in [4.69, 9.17) is 23.2 Å². The summed E-state index contributed by atoms with van der Waals surface area (Å²) in [4.78, 5) is 2.43. The molecule has 1 fully saturated rings.